The van der Waals surface area contributed by atoms with Crippen molar-refractivity contribution in [2.75, 3.05) is 18.8 Å². The number of likely N-dealkylation sites (tertiary alicyclic amines) is 1. The molecule has 0 saturated carbocycles. The number of nitrogen functional groups attached to an aromatic ring is 1. The van der Waals surface area contributed by atoms with E-state index in [9.17, 15) is 14.7 Å². The number of carbonyl (C=O) groups is 2. The molecule has 0 aliphatic carbocycles. The molecule has 6 nitrogen and oxygen atoms in total. The lowest BCUT2D eigenvalue weighted by Gasteiger charge is -2.31. The second kappa shape index (κ2) is 5.17. The lowest BCUT2D eigenvalue weighted by Crippen LogP contribution is -2.42. The first-order chi connectivity index (χ1) is 9.00. The number of benzene rings is 1. The van der Waals surface area contributed by atoms with Gasteiger partial charge in [-0.3, -0.25) is 9.59 Å². The molecule has 1 heterocycles. The van der Waals surface area contributed by atoms with Crippen molar-refractivity contribution < 1.29 is 19.8 Å². The minimum atomic E-state index is -0.894. The maximum atomic E-state index is 12.3. The predicted octanol–water partition coefficient (Wildman–Crippen LogP) is 0.911. The number of hydrogen-bond donors (Lipinski definition) is 3. The Hall–Kier alpha value is -2.24. The molecule has 0 bridgehead atoms. The van der Waals surface area contributed by atoms with Gasteiger partial charge in [-0.25, -0.2) is 0 Å². The molecule has 102 valence electrons. The van der Waals surface area contributed by atoms with Gasteiger partial charge in [0.1, 0.15) is 0 Å². The third-order valence-electron chi connectivity index (χ3n) is 3.36. The fourth-order valence-electron chi connectivity index (χ4n) is 2.27. The molecule has 1 saturated heterocycles. The number of amides is 1. The fraction of sp³-hybridized carbons (Fsp3) is 0.385. The summed E-state index contributed by atoms with van der Waals surface area (Å²) in [7, 11) is 0. The van der Waals surface area contributed by atoms with Gasteiger partial charge in [0.15, 0.2) is 5.75 Å². The van der Waals surface area contributed by atoms with E-state index in [-0.39, 0.29) is 29.5 Å². The molecule has 4 N–H and O–H groups in total. The lowest BCUT2D eigenvalue weighted by molar-refractivity contribution is -0.143. The molecule has 1 aromatic rings. The van der Waals surface area contributed by atoms with Crippen LogP contribution in [0.5, 0.6) is 5.75 Å². The molecule has 1 aliphatic heterocycles. The zero-order chi connectivity index (χ0) is 14.0. The molecule has 2 rings (SSSR count). The van der Waals surface area contributed by atoms with Crippen LogP contribution in [0, 0.1) is 5.92 Å². The van der Waals surface area contributed by atoms with Crippen LogP contribution in [-0.4, -0.2) is 40.1 Å². The highest BCUT2D eigenvalue weighted by molar-refractivity contribution is 5.98. The molecule has 1 amide bonds. The minimum Gasteiger partial charge on any atom is -0.505 e. The predicted molar refractivity (Wildman–Crippen MR) is 68.8 cm³/mol. The number of aliphatic carboxylic acids is 1. The maximum absolute atomic E-state index is 12.3. The van der Waals surface area contributed by atoms with Crippen molar-refractivity contribution in [3.63, 3.8) is 0 Å². The Morgan fingerprint density at radius 1 is 1.37 bits per heavy atom. The number of hydrogen-bond acceptors (Lipinski definition) is 4. The van der Waals surface area contributed by atoms with Gasteiger partial charge in [0.2, 0.25) is 0 Å². The van der Waals surface area contributed by atoms with Gasteiger partial charge >= 0.3 is 5.97 Å². The summed E-state index contributed by atoms with van der Waals surface area (Å²) < 4.78 is 0. The Morgan fingerprint density at radius 3 is 2.79 bits per heavy atom. The fourth-order valence-corrected chi connectivity index (χ4v) is 2.27. The molecule has 1 fully saturated rings. The number of phenolic OH excluding ortho intramolecular Hbond substituents is 1. The number of anilines is 1. The average molecular weight is 264 g/mol. The molecule has 19 heavy (non-hydrogen) atoms. The third-order valence-corrected chi connectivity index (χ3v) is 3.36. The SMILES string of the molecule is Nc1cccc(C(=O)N2CCC[C@@H](C(=O)O)C2)c1O. The van der Waals surface area contributed by atoms with E-state index in [4.69, 9.17) is 10.8 Å². The van der Waals surface area contributed by atoms with Gasteiger partial charge in [0.05, 0.1) is 17.2 Å². The van der Waals surface area contributed by atoms with Crippen LogP contribution in [0.4, 0.5) is 5.69 Å². The molecule has 6 heteroatoms. The van der Waals surface area contributed by atoms with Crippen LogP contribution in [0.2, 0.25) is 0 Å². The van der Waals surface area contributed by atoms with Crippen molar-refractivity contribution in [2.45, 2.75) is 12.8 Å². The summed E-state index contributed by atoms with van der Waals surface area (Å²) in [6, 6.07) is 4.57. The van der Waals surface area contributed by atoms with E-state index < -0.39 is 11.9 Å². The Bertz CT molecular complexity index is 515. The van der Waals surface area contributed by atoms with Gasteiger partial charge in [0, 0.05) is 13.1 Å². The topological polar surface area (TPSA) is 104 Å². The van der Waals surface area contributed by atoms with E-state index in [0.29, 0.717) is 19.4 Å². The van der Waals surface area contributed by atoms with Crippen LogP contribution in [0.1, 0.15) is 23.2 Å². The van der Waals surface area contributed by atoms with Gasteiger partial charge in [-0.05, 0) is 25.0 Å². The van der Waals surface area contributed by atoms with Crippen molar-refractivity contribution in [3.05, 3.63) is 23.8 Å². The third kappa shape index (κ3) is 2.62. The van der Waals surface area contributed by atoms with E-state index >= 15 is 0 Å². The zero-order valence-corrected chi connectivity index (χ0v) is 10.4. The second-order valence-corrected chi connectivity index (χ2v) is 4.67. The maximum Gasteiger partial charge on any atom is 0.308 e. The standard InChI is InChI=1S/C13H16N2O4/c14-10-5-1-4-9(11(10)16)12(17)15-6-2-3-8(7-15)13(18)19/h1,4-5,8,16H,2-3,6-7,14H2,(H,18,19)/t8-/m1/s1. The highest BCUT2D eigenvalue weighted by Gasteiger charge is 2.29. The van der Waals surface area contributed by atoms with Crippen molar-refractivity contribution in [1.29, 1.82) is 0 Å². The van der Waals surface area contributed by atoms with Crippen LogP contribution in [-0.2, 0) is 4.79 Å². The van der Waals surface area contributed by atoms with E-state index in [1.807, 2.05) is 0 Å². The van der Waals surface area contributed by atoms with Crippen LogP contribution in [0.3, 0.4) is 0 Å². The highest BCUT2D eigenvalue weighted by atomic mass is 16.4. The first-order valence-corrected chi connectivity index (χ1v) is 6.10. The molecular weight excluding hydrogens is 248 g/mol. The summed E-state index contributed by atoms with van der Waals surface area (Å²) in [5, 5.41) is 18.8. The number of nitrogens with zero attached hydrogens (tertiary/aromatic N) is 1. The normalized spacial score (nSPS) is 19.2. The largest absolute Gasteiger partial charge is 0.505 e. The summed E-state index contributed by atoms with van der Waals surface area (Å²) in [5.41, 5.74) is 5.80. The number of carboxylic acid groups (broad SMARTS) is 1. The number of carbonyl (C=O) groups excluding carboxylic acids is 1. The smallest absolute Gasteiger partial charge is 0.308 e. The molecule has 0 spiro atoms. The van der Waals surface area contributed by atoms with Gasteiger partial charge < -0.3 is 20.8 Å². The Balaban J connectivity index is 2.19. The van der Waals surface area contributed by atoms with Crippen molar-refractivity contribution >= 4 is 17.6 Å². The number of nitrogens with two attached hydrogens (primary N) is 1. The van der Waals surface area contributed by atoms with Gasteiger partial charge in [-0.1, -0.05) is 6.07 Å². The molecule has 0 radical (unpaired) electrons. The number of carboxylic acids is 1. The first kappa shape index (κ1) is 13.2. The summed E-state index contributed by atoms with van der Waals surface area (Å²) in [6.07, 6.45) is 1.22. The van der Waals surface area contributed by atoms with E-state index in [1.165, 1.54) is 17.0 Å². The quantitative estimate of drug-likeness (QED) is 0.544. The van der Waals surface area contributed by atoms with Crippen LogP contribution in [0.25, 0.3) is 0 Å². The Morgan fingerprint density at radius 2 is 2.11 bits per heavy atom. The summed E-state index contributed by atoms with van der Waals surface area (Å²) in [5.74, 6) is -2.06. The summed E-state index contributed by atoms with van der Waals surface area (Å²) >= 11 is 0. The first-order valence-electron chi connectivity index (χ1n) is 6.10. The number of rotatable bonds is 2. The number of para-hydroxylation sites is 1. The average Bonchev–Trinajstić information content (AvgIpc) is 2.41. The van der Waals surface area contributed by atoms with Crippen molar-refractivity contribution in [3.8, 4) is 5.75 Å². The second-order valence-electron chi connectivity index (χ2n) is 4.67. The van der Waals surface area contributed by atoms with Crippen molar-refractivity contribution in [2.24, 2.45) is 5.92 Å². The summed E-state index contributed by atoms with van der Waals surface area (Å²) in [4.78, 5) is 24.7. The Kier molecular flexibility index (Phi) is 3.59. The summed E-state index contributed by atoms with van der Waals surface area (Å²) in [6.45, 7) is 0.666. The minimum absolute atomic E-state index is 0.117. The number of phenols is 1. The molecule has 0 aromatic heterocycles. The van der Waals surface area contributed by atoms with Gasteiger partial charge in [0.25, 0.3) is 5.91 Å². The van der Waals surface area contributed by atoms with Crippen LogP contribution >= 0.6 is 0 Å². The Labute approximate surface area is 110 Å². The van der Waals surface area contributed by atoms with Crippen molar-refractivity contribution in [1.82, 2.24) is 4.90 Å². The van der Waals surface area contributed by atoms with E-state index in [0.717, 1.165) is 0 Å². The number of piperidine rings is 1. The number of aromatic hydroxyl groups is 1. The van der Waals surface area contributed by atoms with Crippen LogP contribution in [0.15, 0.2) is 18.2 Å². The van der Waals surface area contributed by atoms with Crippen LogP contribution < -0.4 is 5.73 Å². The van der Waals surface area contributed by atoms with E-state index in [2.05, 4.69) is 0 Å². The molecule has 1 aliphatic rings. The van der Waals surface area contributed by atoms with E-state index in [1.54, 1.807) is 6.07 Å². The molecular formula is C13H16N2O4. The molecule has 1 atom stereocenters. The van der Waals surface area contributed by atoms with Gasteiger partial charge in [-0.2, -0.15) is 0 Å². The molecule has 0 unspecified atom stereocenters. The zero-order valence-electron chi connectivity index (χ0n) is 10.4. The highest BCUT2D eigenvalue weighted by Crippen LogP contribution is 2.27. The van der Waals surface area contributed by atoms with Gasteiger partial charge in [-0.15, -0.1) is 0 Å². The molecule has 1 aromatic carbocycles. The monoisotopic (exact) mass is 264 g/mol. The lowest BCUT2D eigenvalue weighted by atomic mass is 9.97.